The van der Waals surface area contributed by atoms with E-state index in [0.29, 0.717) is 6.54 Å². The lowest BCUT2D eigenvalue weighted by molar-refractivity contribution is -0.116. The second kappa shape index (κ2) is 9.93. The molecule has 0 aliphatic carbocycles. The quantitative estimate of drug-likeness (QED) is 0.776. The highest BCUT2D eigenvalue weighted by atomic mass is 16.1. The number of pyridine rings is 1. The number of nitrogens with one attached hydrogen (secondary N) is 1. The monoisotopic (exact) mass is 378 g/mol. The molecule has 0 unspecified atom stereocenters. The number of hydrogen-bond donors (Lipinski definition) is 1. The lowest BCUT2D eigenvalue weighted by Crippen LogP contribution is -2.25. The van der Waals surface area contributed by atoms with Crippen molar-refractivity contribution in [1.29, 1.82) is 0 Å². The average Bonchev–Trinajstić information content (AvgIpc) is 3.01. The van der Waals surface area contributed by atoms with Gasteiger partial charge in [-0.2, -0.15) is 0 Å². The Bertz CT molecular complexity index is 773. The summed E-state index contributed by atoms with van der Waals surface area (Å²) in [4.78, 5) is 21.1. The third-order valence-corrected chi connectivity index (χ3v) is 5.04. The average molecular weight is 379 g/mol. The molecule has 1 saturated heterocycles. The summed E-state index contributed by atoms with van der Waals surface area (Å²) in [5, 5.41) is 2.92. The van der Waals surface area contributed by atoms with E-state index < -0.39 is 0 Å². The molecule has 1 aliphatic rings. The Morgan fingerprint density at radius 3 is 2.39 bits per heavy atom. The molecule has 0 radical (unpaired) electrons. The van der Waals surface area contributed by atoms with Crippen LogP contribution in [0.2, 0.25) is 0 Å². The molecule has 148 valence electrons. The highest BCUT2D eigenvalue weighted by Gasteiger charge is 2.10. The van der Waals surface area contributed by atoms with Gasteiger partial charge in [-0.15, -0.1) is 0 Å². The van der Waals surface area contributed by atoms with Gasteiger partial charge in [-0.05, 0) is 48.2 Å². The molecule has 1 amide bonds. The maximum Gasteiger partial charge on any atom is 0.244 e. The summed E-state index contributed by atoms with van der Waals surface area (Å²) in [5.41, 5.74) is 3.15. The molecule has 1 aromatic heterocycles. The Morgan fingerprint density at radius 1 is 1.07 bits per heavy atom. The first-order valence-corrected chi connectivity index (χ1v) is 10.0. The molecule has 1 aromatic carbocycles. The highest BCUT2D eigenvalue weighted by molar-refractivity contribution is 5.91. The third-order valence-electron chi connectivity index (χ3n) is 5.04. The van der Waals surface area contributed by atoms with Gasteiger partial charge < -0.3 is 15.1 Å². The summed E-state index contributed by atoms with van der Waals surface area (Å²) >= 11 is 0. The maximum atomic E-state index is 12.1. The van der Waals surface area contributed by atoms with Crippen molar-refractivity contribution in [2.45, 2.75) is 32.2 Å². The third kappa shape index (κ3) is 5.84. The van der Waals surface area contributed by atoms with Crippen molar-refractivity contribution in [1.82, 2.24) is 10.3 Å². The molecule has 5 heteroatoms. The molecule has 2 aromatic rings. The largest absolute Gasteiger partial charge is 0.378 e. The first kappa shape index (κ1) is 19.9. The summed E-state index contributed by atoms with van der Waals surface area (Å²) in [6, 6.07) is 12.2. The van der Waals surface area contributed by atoms with Gasteiger partial charge in [0.1, 0.15) is 5.82 Å². The van der Waals surface area contributed by atoms with E-state index in [-0.39, 0.29) is 5.91 Å². The maximum absolute atomic E-state index is 12.1. The van der Waals surface area contributed by atoms with Crippen molar-refractivity contribution < 1.29 is 4.79 Å². The van der Waals surface area contributed by atoms with Crippen LogP contribution in [0, 0.1) is 0 Å². The van der Waals surface area contributed by atoms with Gasteiger partial charge in [0, 0.05) is 51.7 Å². The van der Waals surface area contributed by atoms with E-state index in [1.807, 2.05) is 55.5 Å². The van der Waals surface area contributed by atoms with E-state index in [4.69, 9.17) is 0 Å². The number of aromatic nitrogens is 1. The van der Waals surface area contributed by atoms with Crippen LogP contribution in [0.25, 0.3) is 6.08 Å². The van der Waals surface area contributed by atoms with Crippen LogP contribution >= 0.6 is 0 Å². The zero-order chi connectivity index (χ0) is 19.8. The standard InChI is InChI=1S/C23H30N4O/c1-26(2)21-11-7-19(8-12-21)10-14-23(28)25-18-20-9-13-22(24-17-20)27-15-5-3-4-6-16-27/h7-14,17H,3-6,15-16,18H2,1-2H3,(H,25,28). The van der Waals surface area contributed by atoms with E-state index in [2.05, 4.69) is 27.3 Å². The summed E-state index contributed by atoms with van der Waals surface area (Å²) in [6.07, 6.45) is 10.4. The molecule has 5 nitrogen and oxygen atoms in total. The number of carbonyl (C=O) groups is 1. The van der Waals surface area contributed by atoms with E-state index in [1.165, 1.54) is 25.7 Å². The zero-order valence-corrected chi connectivity index (χ0v) is 16.9. The van der Waals surface area contributed by atoms with Crippen molar-refractivity contribution in [2.75, 3.05) is 37.0 Å². The molecule has 28 heavy (non-hydrogen) atoms. The second-order valence-electron chi connectivity index (χ2n) is 7.46. The highest BCUT2D eigenvalue weighted by Crippen LogP contribution is 2.17. The van der Waals surface area contributed by atoms with Gasteiger partial charge in [0.25, 0.3) is 0 Å². The molecule has 0 bridgehead atoms. The minimum atomic E-state index is -0.103. The molecule has 0 atom stereocenters. The van der Waals surface area contributed by atoms with Crippen molar-refractivity contribution in [3.05, 3.63) is 59.8 Å². The van der Waals surface area contributed by atoms with Gasteiger partial charge in [-0.1, -0.05) is 31.0 Å². The number of hydrogen-bond acceptors (Lipinski definition) is 4. The fourth-order valence-electron chi connectivity index (χ4n) is 3.31. The van der Waals surface area contributed by atoms with Gasteiger partial charge >= 0.3 is 0 Å². The Morgan fingerprint density at radius 2 is 1.79 bits per heavy atom. The van der Waals surface area contributed by atoms with Crippen LogP contribution < -0.4 is 15.1 Å². The van der Waals surface area contributed by atoms with E-state index >= 15 is 0 Å². The van der Waals surface area contributed by atoms with Crippen LogP contribution in [0.3, 0.4) is 0 Å². The summed E-state index contributed by atoms with van der Waals surface area (Å²) in [5.74, 6) is 0.936. The normalized spacial score (nSPS) is 14.7. The van der Waals surface area contributed by atoms with Crippen LogP contribution in [0.15, 0.2) is 48.7 Å². The van der Waals surface area contributed by atoms with Gasteiger partial charge in [0.05, 0.1) is 0 Å². The fraction of sp³-hybridized carbons (Fsp3) is 0.391. The first-order chi connectivity index (χ1) is 13.6. The molecule has 3 rings (SSSR count). The van der Waals surface area contributed by atoms with E-state index in [1.54, 1.807) is 6.08 Å². The Labute approximate surface area is 168 Å². The molecule has 1 N–H and O–H groups in total. The van der Waals surface area contributed by atoms with E-state index in [0.717, 1.165) is 35.7 Å². The van der Waals surface area contributed by atoms with Crippen molar-refractivity contribution in [3.8, 4) is 0 Å². The Hall–Kier alpha value is -2.82. The zero-order valence-electron chi connectivity index (χ0n) is 16.9. The van der Waals surface area contributed by atoms with Crippen LogP contribution in [0.4, 0.5) is 11.5 Å². The van der Waals surface area contributed by atoms with Crippen LogP contribution in [-0.4, -0.2) is 38.1 Å². The Kier molecular flexibility index (Phi) is 7.06. The molecule has 0 saturated carbocycles. The van der Waals surface area contributed by atoms with Crippen LogP contribution in [0.1, 0.15) is 36.8 Å². The molecular formula is C23H30N4O. The number of nitrogens with zero attached hydrogens (tertiary/aromatic N) is 3. The first-order valence-electron chi connectivity index (χ1n) is 10.0. The van der Waals surface area contributed by atoms with Gasteiger partial charge in [0.15, 0.2) is 0 Å². The molecule has 1 aliphatic heterocycles. The molecule has 2 heterocycles. The summed E-state index contributed by atoms with van der Waals surface area (Å²) < 4.78 is 0. The smallest absolute Gasteiger partial charge is 0.244 e. The van der Waals surface area contributed by atoms with Gasteiger partial charge in [0.2, 0.25) is 5.91 Å². The molecule has 0 spiro atoms. The predicted molar refractivity (Wildman–Crippen MR) is 117 cm³/mol. The summed E-state index contributed by atoms with van der Waals surface area (Å²) in [6.45, 7) is 2.66. The minimum Gasteiger partial charge on any atom is -0.378 e. The Balaban J connectivity index is 1.48. The SMILES string of the molecule is CN(C)c1ccc(C=CC(=O)NCc2ccc(N3CCCCCC3)nc2)cc1. The number of carbonyl (C=O) groups excluding carboxylic acids is 1. The lowest BCUT2D eigenvalue weighted by atomic mass is 10.2. The lowest BCUT2D eigenvalue weighted by Gasteiger charge is -2.21. The number of benzene rings is 1. The van der Waals surface area contributed by atoms with Crippen molar-refractivity contribution in [3.63, 3.8) is 0 Å². The second-order valence-corrected chi connectivity index (χ2v) is 7.46. The molecular weight excluding hydrogens is 348 g/mol. The van der Waals surface area contributed by atoms with Gasteiger partial charge in [-0.3, -0.25) is 4.79 Å². The van der Waals surface area contributed by atoms with Gasteiger partial charge in [-0.25, -0.2) is 4.98 Å². The predicted octanol–water partition coefficient (Wildman–Crippen LogP) is 3.86. The number of anilines is 2. The molecule has 1 fully saturated rings. The minimum absolute atomic E-state index is 0.103. The topological polar surface area (TPSA) is 48.5 Å². The van der Waals surface area contributed by atoms with E-state index in [9.17, 15) is 4.79 Å². The van der Waals surface area contributed by atoms with Crippen LogP contribution in [0.5, 0.6) is 0 Å². The summed E-state index contributed by atoms with van der Waals surface area (Å²) in [7, 11) is 4.02. The van der Waals surface area contributed by atoms with Crippen LogP contribution in [-0.2, 0) is 11.3 Å². The van der Waals surface area contributed by atoms with Crippen molar-refractivity contribution in [2.24, 2.45) is 0 Å². The fourth-order valence-corrected chi connectivity index (χ4v) is 3.31. The van der Waals surface area contributed by atoms with Crippen molar-refractivity contribution >= 4 is 23.5 Å². The number of rotatable bonds is 6. The number of amides is 1.